The van der Waals surface area contributed by atoms with E-state index in [9.17, 15) is 0 Å². The number of aromatic nitrogens is 1. The van der Waals surface area contributed by atoms with Gasteiger partial charge in [-0.3, -0.25) is 0 Å². The van der Waals surface area contributed by atoms with E-state index in [4.69, 9.17) is 0 Å². The Hall–Kier alpha value is -1.09. The van der Waals surface area contributed by atoms with Crippen molar-refractivity contribution in [3.05, 3.63) is 23.8 Å². The Labute approximate surface area is 107 Å². The molecule has 0 atom stereocenters. The van der Waals surface area contributed by atoms with Gasteiger partial charge in [-0.1, -0.05) is 38.2 Å². The molecule has 0 aliphatic carbocycles. The number of fused-ring (bicyclic) bond motifs is 1. The lowest BCUT2D eigenvalue weighted by molar-refractivity contribution is 0.591. The molecular weight excluding hydrogens is 228 g/mol. The SMILES string of the molecule is CC(C)Nc1nc2ccc(C(C)(C)C)cc2s1. The van der Waals surface area contributed by atoms with Crippen molar-refractivity contribution in [2.75, 3.05) is 5.32 Å². The van der Waals surface area contributed by atoms with E-state index in [1.807, 2.05) is 0 Å². The Balaban J connectivity index is 2.41. The molecule has 2 rings (SSSR count). The molecule has 2 nitrogen and oxygen atoms in total. The van der Waals surface area contributed by atoms with Gasteiger partial charge in [0.15, 0.2) is 5.13 Å². The molecule has 2 aromatic rings. The summed E-state index contributed by atoms with van der Waals surface area (Å²) in [6, 6.07) is 7.00. The summed E-state index contributed by atoms with van der Waals surface area (Å²) < 4.78 is 1.26. The fraction of sp³-hybridized carbons (Fsp3) is 0.500. The van der Waals surface area contributed by atoms with Gasteiger partial charge in [-0.05, 0) is 37.0 Å². The molecule has 0 radical (unpaired) electrons. The molecule has 17 heavy (non-hydrogen) atoms. The Morgan fingerprint density at radius 2 is 1.94 bits per heavy atom. The Bertz CT molecular complexity index is 520. The molecule has 0 unspecified atom stereocenters. The maximum Gasteiger partial charge on any atom is 0.183 e. The molecule has 0 aliphatic heterocycles. The third-order valence-electron chi connectivity index (χ3n) is 2.67. The average molecular weight is 248 g/mol. The molecule has 0 saturated carbocycles. The molecule has 0 fully saturated rings. The normalized spacial score (nSPS) is 12.4. The van der Waals surface area contributed by atoms with Crippen LogP contribution in [-0.4, -0.2) is 11.0 Å². The van der Waals surface area contributed by atoms with Crippen LogP contribution in [0.5, 0.6) is 0 Å². The number of thiazole rings is 1. The molecule has 1 N–H and O–H groups in total. The number of rotatable bonds is 2. The van der Waals surface area contributed by atoms with Crippen LogP contribution in [0.3, 0.4) is 0 Å². The van der Waals surface area contributed by atoms with Gasteiger partial charge < -0.3 is 5.32 Å². The van der Waals surface area contributed by atoms with Crippen molar-refractivity contribution in [3.63, 3.8) is 0 Å². The Morgan fingerprint density at radius 3 is 2.53 bits per heavy atom. The van der Waals surface area contributed by atoms with E-state index >= 15 is 0 Å². The summed E-state index contributed by atoms with van der Waals surface area (Å²) in [7, 11) is 0. The van der Waals surface area contributed by atoms with Gasteiger partial charge in [-0.2, -0.15) is 0 Å². The predicted molar refractivity (Wildman–Crippen MR) is 77.1 cm³/mol. The highest BCUT2D eigenvalue weighted by Crippen LogP contribution is 2.31. The second-order valence-corrected chi connectivity index (χ2v) is 6.78. The van der Waals surface area contributed by atoms with Crippen LogP contribution in [0.4, 0.5) is 5.13 Å². The van der Waals surface area contributed by atoms with Gasteiger partial charge in [0.05, 0.1) is 10.2 Å². The van der Waals surface area contributed by atoms with Crippen molar-refractivity contribution < 1.29 is 0 Å². The van der Waals surface area contributed by atoms with Crippen LogP contribution in [0.1, 0.15) is 40.2 Å². The Kier molecular flexibility index (Phi) is 3.13. The van der Waals surface area contributed by atoms with E-state index < -0.39 is 0 Å². The van der Waals surface area contributed by atoms with Gasteiger partial charge in [0, 0.05) is 6.04 Å². The average Bonchev–Trinajstić information content (AvgIpc) is 2.55. The van der Waals surface area contributed by atoms with Crippen molar-refractivity contribution >= 4 is 26.7 Å². The summed E-state index contributed by atoms with van der Waals surface area (Å²) in [6.07, 6.45) is 0. The van der Waals surface area contributed by atoms with E-state index in [1.54, 1.807) is 11.3 Å². The molecule has 0 aliphatic rings. The van der Waals surface area contributed by atoms with E-state index in [0.29, 0.717) is 6.04 Å². The van der Waals surface area contributed by atoms with Crippen LogP contribution >= 0.6 is 11.3 Å². The summed E-state index contributed by atoms with van der Waals surface area (Å²) in [6.45, 7) is 11.0. The standard InChI is InChI=1S/C14H20N2S/c1-9(2)15-13-16-11-7-6-10(14(3,4)5)8-12(11)17-13/h6-9H,1-5H3,(H,15,16). The van der Waals surface area contributed by atoms with Crippen LogP contribution in [-0.2, 0) is 5.41 Å². The van der Waals surface area contributed by atoms with Crippen molar-refractivity contribution in [2.24, 2.45) is 0 Å². The zero-order chi connectivity index (χ0) is 12.6. The highest BCUT2D eigenvalue weighted by atomic mass is 32.1. The summed E-state index contributed by atoms with van der Waals surface area (Å²) >= 11 is 1.73. The fourth-order valence-corrected chi connectivity index (χ4v) is 2.75. The van der Waals surface area contributed by atoms with Gasteiger partial charge in [0.1, 0.15) is 0 Å². The number of nitrogens with one attached hydrogen (secondary N) is 1. The summed E-state index contributed by atoms with van der Waals surface area (Å²) in [5, 5.41) is 4.37. The highest BCUT2D eigenvalue weighted by molar-refractivity contribution is 7.22. The maximum absolute atomic E-state index is 4.58. The number of benzene rings is 1. The van der Waals surface area contributed by atoms with Crippen LogP contribution in [0.15, 0.2) is 18.2 Å². The maximum atomic E-state index is 4.58. The molecule has 0 saturated heterocycles. The minimum Gasteiger partial charge on any atom is -0.359 e. The first-order chi connectivity index (χ1) is 7.86. The predicted octanol–water partition coefficient (Wildman–Crippen LogP) is 4.41. The quantitative estimate of drug-likeness (QED) is 0.851. The topological polar surface area (TPSA) is 24.9 Å². The van der Waals surface area contributed by atoms with Crippen LogP contribution < -0.4 is 5.32 Å². The Morgan fingerprint density at radius 1 is 1.24 bits per heavy atom. The second-order valence-electron chi connectivity index (χ2n) is 5.75. The van der Waals surface area contributed by atoms with Crippen molar-refractivity contribution in [1.29, 1.82) is 0 Å². The third-order valence-corrected chi connectivity index (χ3v) is 3.62. The zero-order valence-corrected chi connectivity index (χ0v) is 12.0. The molecule has 0 amide bonds. The van der Waals surface area contributed by atoms with Gasteiger partial charge in [-0.15, -0.1) is 0 Å². The van der Waals surface area contributed by atoms with E-state index in [0.717, 1.165) is 10.6 Å². The molecule has 1 heterocycles. The molecule has 1 aromatic heterocycles. The van der Waals surface area contributed by atoms with Gasteiger partial charge >= 0.3 is 0 Å². The molecule has 92 valence electrons. The highest BCUT2D eigenvalue weighted by Gasteiger charge is 2.15. The molecule has 3 heteroatoms. The van der Waals surface area contributed by atoms with E-state index in [-0.39, 0.29) is 5.41 Å². The van der Waals surface area contributed by atoms with Crippen molar-refractivity contribution in [2.45, 2.75) is 46.1 Å². The van der Waals surface area contributed by atoms with Crippen LogP contribution in [0.25, 0.3) is 10.2 Å². The molecule has 0 spiro atoms. The number of hydrogen-bond acceptors (Lipinski definition) is 3. The summed E-state index contributed by atoms with van der Waals surface area (Å²) in [4.78, 5) is 4.58. The van der Waals surface area contributed by atoms with Crippen LogP contribution in [0.2, 0.25) is 0 Å². The van der Waals surface area contributed by atoms with Crippen molar-refractivity contribution in [3.8, 4) is 0 Å². The largest absolute Gasteiger partial charge is 0.359 e. The molecule has 0 bridgehead atoms. The zero-order valence-electron chi connectivity index (χ0n) is 11.2. The van der Waals surface area contributed by atoms with Gasteiger partial charge in [0.2, 0.25) is 0 Å². The lowest BCUT2D eigenvalue weighted by atomic mass is 9.87. The number of nitrogens with zero attached hydrogens (tertiary/aromatic N) is 1. The monoisotopic (exact) mass is 248 g/mol. The first-order valence-corrected chi connectivity index (χ1v) is 6.85. The summed E-state index contributed by atoms with van der Waals surface area (Å²) in [5.74, 6) is 0. The number of anilines is 1. The first-order valence-electron chi connectivity index (χ1n) is 6.04. The first kappa shape index (κ1) is 12.4. The van der Waals surface area contributed by atoms with E-state index in [1.165, 1.54) is 10.3 Å². The van der Waals surface area contributed by atoms with Crippen molar-refractivity contribution in [1.82, 2.24) is 4.98 Å². The summed E-state index contributed by atoms with van der Waals surface area (Å²) in [5.41, 5.74) is 2.65. The minimum absolute atomic E-state index is 0.198. The molecule has 1 aromatic carbocycles. The smallest absolute Gasteiger partial charge is 0.183 e. The molecular formula is C14H20N2S. The lowest BCUT2D eigenvalue weighted by Crippen LogP contribution is -2.10. The van der Waals surface area contributed by atoms with Crippen LogP contribution in [0, 0.1) is 0 Å². The lowest BCUT2D eigenvalue weighted by Gasteiger charge is -2.18. The van der Waals surface area contributed by atoms with Gasteiger partial charge in [-0.25, -0.2) is 4.98 Å². The van der Waals surface area contributed by atoms with Gasteiger partial charge in [0.25, 0.3) is 0 Å². The number of hydrogen-bond donors (Lipinski definition) is 1. The third kappa shape index (κ3) is 2.78. The van der Waals surface area contributed by atoms with E-state index in [2.05, 4.69) is 63.1 Å². The fourth-order valence-electron chi connectivity index (χ4n) is 1.70. The second kappa shape index (κ2) is 4.30. The minimum atomic E-state index is 0.198.